The number of nitrogens with zero attached hydrogens (tertiary/aromatic N) is 4. The van der Waals surface area contributed by atoms with E-state index >= 15 is 0 Å². The molecule has 0 fully saturated rings. The zero-order chi connectivity index (χ0) is 21.8. The van der Waals surface area contributed by atoms with Gasteiger partial charge >= 0.3 is 0 Å². The highest BCUT2D eigenvalue weighted by molar-refractivity contribution is 6.30. The van der Waals surface area contributed by atoms with Crippen LogP contribution in [0, 0.1) is 0 Å². The normalized spacial score (nSPS) is 10.5. The van der Waals surface area contributed by atoms with Crippen LogP contribution in [-0.2, 0) is 0 Å². The molecule has 0 atom stereocenters. The van der Waals surface area contributed by atoms with Crippen LogP contribution in [0.25, 0.3) is 11.1 Å². The minimum Gasteiger partial charge on any atom is -0.502 e. The highest BCUT2D eigenvalue weighted by Gasteiger charge is 2.13. The molecule has 0 aliphatic heterocycles. The first kappa shape index (κ1) is 20.2. The maximum absolute atomic E-state index is 10.1. The molecule has 4 rings (SSSR count). The van der Waals surface area contributed by atoms with Gasteiger partial charge in [0.25, 0.3) is 0 Å². The van der Waals surface area contributed by atoms with Crippen molar-refractivity contribution in [2.45, 2.75) is 0 Å². The van der Waals surface area contributed by atoms with E-state index in [4.69, 9.17) is 21.1 Å². The van der Waals surface area contributed by atoms with Gasteiger partial charge in [-0.15, -0.1) is 0 Å². The second kappa shape index (κ2) is 8.76. The number of aromatic nitrogens is 5. The number of hydrogen-bond donors (Lipinski definition) is 4. The van der Waals surface area contributed by atoms with Crippen molar-refractivity contribution in [1.29, 1.82) is 0 Å². The van der Waals surface area contributed by atoms with Gasteiger partial charge in [0.05, 0.1) is 20.4 Å². The molecule has 4 N–H and O–H groups in total. The monoisotopic (exact) mass is 439 g/mol. The number of phenolic OH excluding ortho intramolecular Hbond substituents is 1. The Kier molecular flexibility index (Phi) is 5.72. The molecule has 0 amide bonds. The number of phenols is 1. The van der Waals surface area contributed by atoms with Crippen LogP contribution in [0.1, 0.15) is 0 Å². The summed E-state index contributed by atoms with van der Waals surface area (Å²) in [5, 5.41) is 23.8. The van der Waals surface area contributed by atoms with Crippen molar-refractivity contribution in [2.75, 3.05) is 24.9 Å². The summed E-state index contributed by atoms with van der Waals surface area (Å²) in [5.41, 5.74) is 2.26. The summed E-state index contributed by atoms with van der Waals surface area (Å²) < 4.78 is 10.3. The van der Waals surface area contributed by atoms with Crippen molar-refractivity contribution in [3.8, 4) is 28.4 Å². The Balaban J connectivity index is 1.58. The van der Waals surface area contributed by atoms with E-state index in [2.05, 4.69) is 35.8 Å². The Bertz CT molecular complexity index is 1190. The van der Waals surface area contributed by atoms with Gasteiger partial charge in [-0.3, -0.25) is 5.10 Å². The molecule has 0 bridgehead atoms. The average molecular weight is 440 g/mol. The number of halogens is 1. The number of nitrogens with one attached hydrogen (secondary N) is 3. The number of ether oxygens (including phenoxy) is 2. The summed E-state index contributed by atoms with van der Waals surface area (Å²) in [7, 11) is 2.90. The summed E-state index contributed by atoms with van der Waals surface area (Å²) in [6.07, 6.45) is 3.05. The second-order valence-electron chi connectivity index (χ2n) is 6.28. The van der Waals surface area contributed by atoms with E-state index in [0.717, 1.165) is 11.1 Å². The fraction of sp³-hybridized carbons (Fsp3) is 0.100. The molecule has 2 heterocycles. The molecule has 4 aromatic rings. The van der Waals surface area contributed by atoms with Crippen LogP contribution >= 0.6 is 11.6 Å². The van der Waals surface area contributed by atoms with Crippen LogP contribution < -0.4 is 20.1 Å². The van der Waals surface area contributed by atoms with Gasteiger partial charge in [-0.2, -0.15) is 10.1 Å². The highest BCUT2D eigenvalue weighted by Crippen LogP contribution is 2.39. The average Bonchev–Trinajstić information content (AvgIpc) is 3.23. The van der Waals surface area contributed by atoms with E-state index in [1.165, 1.54) is 20.5 Å². The number of benzene rings is 2. The lowest BCUT2D eigenvalue weighted by Gasteiger charge is -2.12. The summed E-state index contributed by atoms with van der Waals surface area (Å²) in [5.74, 6) is 1.57. The number of rotatable bonds is 7. The van der Waals surface area contributed by atoms with E-state index in [1.54, 1.807) is 24.4 Å². The smallest absolute Gasteiger partial charge is 0.233 e. The molecule has 11 heteroatoms. The molecule has 31 heavy (non-hydrogen) atoms. The Morgan fingerprint density at radius 3 is 2.39 bits per heavy atom. The van der Waals surface area contributed by atoms with E-state index in [1.807, 2.05) is 18.2 Å². The molecule has 0 saturated carbocycles. The van der Waals surface area contributed by atoms with E-state index in [-0.39, 0.29) is 23.2 Å². The first-order valence-electron chi connectivity index (χ1n) is 9.04. The molecule has 0 unspecified atom stereocenters. The predicted molar refractivity (Wildman–Crippen MR) is 117 cm³/mol. The van der Waals surface area contributed by atoms with Crippen molar-refractivity contribution < 1.29 is 14.6 Å². The zero-order valence-corrected chi connectivity index (χ0v) is 17.3. The van der Waals surface area contributed by atoms with Gasteiger partial charge in [0, 0.05) is 28.4 Å². The lowest BCUT2D eigenvalue weighted by Crippen LogP contribution is -2.04. The fourth-order valence-electron chi connectivity index (χ4n) is 2.88. The Morgan fingerprint density at radius 2 is 1.71 bits per heavy atom. The molecule has 0 saturated heterocycles. The topological polar surface area (TPSA) is 130 Å². The van der Waals surface area contributed by atoms with E-state index in [0.29, 0.717) is 22.5 Å². The number of aromatic hydroxyl groups is 1. The molecule has 2 aromatic heterocycles. The van der Waals surface area contributed by atoms with Crippen LogP contribution in [0.5, 0.6) is 17.2 Å². The molecular formula is C20H18ClN7O3. The van der Waals surface area contributed by atoms with Gasteiger partial charge in [-0.05, 0) is 17.7 Å². The Morgan fingerprint density at radius 1 is 1.00 bits per heavy atom. The molecule has 0 radical (unpaired) electrons. The van der Waals surface area contributed by atoms with Crippen LogP contribution in [-0.4, -0.2) is 44.5 Å². The van der Waals surface area contributed by atoms with Crippen LogP contribution in [0.3, 0.4) is 0 Å². The molecule has 10 nitrogen and oxygen atoms in total. The lowest BCUT2D eigenvalue weighted by atomic mass is 10.1. The number of methoxy groups -OCH3 is 2. The summed E-state index contributed by atoms with van der Waals surface area (Å²) in [6.45, 7) is 0. The fourth-order valence-corrected chi connectivity index (χ4v) is 3.07. The van der Waals surface area contributed by atoms with Crippen molar-refractivity contribution >= 4 is 35.0 Å². The van der Waals surface area contributed by atoms with E-state index < -0.39 is 0 Å². The van der Waals surface area contributed by atoms with Crippen LogP contribution in [0.15, 0.2) is 48.9 Å². The number of H-pyrrole nitrogens is 1. The third-order valence-corrected chi connectivity index (χ3v) is 4.55. The standard InChI is InChI=1S/C20H18ClN7O3/c1-30-15-7-13(8-16(31-2)17(15)29)25-19-22-10-23-20(27-19)26-18-14(9-24-28-18)11-4-3-5-12(21)6-11/h3-10,29H,1-2H3,(H3,22,23,24,25,26,27,28). The SMILES string of the molecule is COc1cc(Nc2ncnc(Nc3[nH]ncc3-c3cccc(Cl)c3)n2)cc(OC)c1O. The van der Waals surface area contributed by atoms with Gasteiger partial charge in [0.1, 0.15) is 12.1 Å². The largest absolute Gasteiger partial charge is 0.502 e. The van der Waals surface area contributed by atoms with Crippen LogP contribution in [0.4, 0.5) is 23.4 Å². The maximum atomic E-state index is 10.1. The Hall–Kier alpha value is -4.05. The minimum absolute atomic E-state index is 0.0960. The summed E-state index contributed by atoms with van der Waals surface area (Å²) >= 11 is 6.10. The number of hydrogen-bond acceptors (Lipinski definition) is 9. The highest BCUT2D eigenvalue weighted by atomic mass is 35.5. The molecule has 2 aromatic carbocycles. The quantitative estimate of drug-likeness (QED) is 0.314. The Labute approximate surface area is 182 Å². The van der Waals surface area contributed by atoms with Crippen LogP contribution in [0.2, 0.25) is 5.02 Å². The van der Waals surface area contributed by atoms with Gasteiger partial charge in [-0.1, -0.05) is 23.7 Å². The number of anilines is 4. The predicted octanol–water partition coefficient (Wildman–Crippen LogP) is 4.13. The molecular weight excluding hydrogens is 422 g/mol. The first-order chi connectivity index (χ1) is 15.1. The second-order valence-corrected chi connectivity index (χ2v) is 6.72. The van der Waals surface area contributed by atoms with Crippen molar-refractivity contribution in [3.05, 3.63) is 53.9 Å². The van der Waals surface area contributed by atoms with Gasteiger partial charge in [-0.25, -0.2) is 9.97 Å². The third-order valence-electron chi connectivity index (χ3n) is 4.32. The van der Waals surface area contributed by atoms with Gasteiger partial charge < -0.3 is 25.2 Å². The van der Waals surface area contributed by atoms with Gasteiger partial charge in [0.2, 0.25) is 17.6 Å². The van der Waals surface area contributed by atoms with Crippen molar-refractivity contribution in [2.24, 2.45) is 0 Å². The summed E-state index contributed by atoms with van der Waals surface area (Å²) in [4.78, 5) is 12.6. The third kappa shape index (κ3) is 4.43. The molecule has 0 aliphatic carbocycles. The molecule has 0 aliphatic rings. The van der Waals surface area contributed by atoms with Crippen molar-refractivity contribution in [3.63, 3.8) is 0 Å². The van der Waals surface area contributed by atoms with E-state index in [9.17, 15) is 5.11 Å². The summed E-state index contributed by atoms with van der Waals surface area (Å²) in [6, 6.07) is 10.6. The first-order valence-corrected chi connectivity index (χ1v) is 9.42. The minimum atomic E-state index is -0.0960. The molecule has 158 valence electrons. The lowest BCUT2D eigenvalue weighted by molar-refractivity contribution is 0.340. The molecule has 0 spiro atoms. The van der Waals surface area contributed by atoms with Gasteiger partial charge in [0.15, 0.2) is 11.5 Å². The maximum Gasteiger partial charge on any atom is 0.233 e. The zero-order valence-electron chi connectivity index (χ0n) is 16.5. The number of aromatic amines is 1. The van der Waals surface area contributed by atoms with Crippen molar-refractivity contribution in [1.82, 2.24) is 25.1 Å².